The van der Waals surface area contributed by atoms with Crippen LogP contribution in [-0.2, 0) is 22.7 Å². The molecule has 0 amide bonds. The van der Waals surface area contributed by atoms with Crippen molar-refractivity contribution in [1.29, 1.82) is 0 Å². The van der Waals surface area contributed by atoms with Gasteiger partial charge in [0.25, 0.3) is 0 Å². The van der Waals surface area contributed by atoms with Crippen molar-refractivity contribution in [3.05, 3.63) is 63.6 Å². The van der Waals surface area contributed by atoms with Gasteiger partial charge in [-0.05, 0) is 54.5 Å². The van der Waals surface area contributed by atoms with Crippen LogP contribution < -0.4 is 0 Å². The Morgan fingerprint density at radius 3 is 2.57 bits per heavy atom. The van der Waals surface area contributed by atoms with E-state index in [1.54, 1.807) is 32.4 Å². The third kappa shape index (κ3) is 4.55. The summed E-state index contributed by atoms with van der Waals surface area (Å²) in [5.41, 5.74) is 2.05. The van der Waals surface area contributed by atoms with Crippen molar-refractivity contribution < 1.29 is 18.7 Å². The number of hydrogen-bond donors (Lipinski definition) is 0. The summed E-state index contributed by atoms with van der Waals surface area (Å²) in [6.07, 6.45) is 3.08. The number of furan rings is 1. The second-order valence-corrected chi connectivity index (χ2v) is 5.51. The third-order valence-electron chi connectivity index (χ3n) is 3.24. The predicted molar refractivity (Wildman–Crippen MR) is 89.7 cm³/mol. The Morgan fingerprint density at radius 1 is 1.22 bits per heavy atom. The highest BCUT2D eigenvalue weighted by molar-refractivity contribution is 6.35. The van der Waals surface area contributed by atoms with Crippen molar-refractivity contribution in [2.24, 2.45) is 0 Å². The van der Waals surface area contributed by atoms with Crippen molar-refractivity contribution in [3.8, 4) is 0 Å². The van der Waals surface area contributed by atoms with Crippen LogP contribution >= 0.6 is 11.6 Å². The molecule has 1 aromatic heterocycles. The number of carbonyl (C=O) groups is 1. The van der Waals surface area contributed by atoms with Gasteiger partial charge in [0.05, 0.1) is 18.2 Å². The lowest BCUT2D eigenvalue weighted by Gasteiger charge is -2.10. The highest BCUT2D eigenvalue weighted by Crippen LogP contribution is 2.26. The Labute approximate surface area is 140 Å². The molecule has 0 radical (unpaired) electrons. The molecule has 0 aliphatic heterocycles. The number of ketones is 1. The van der Waals surface area contributed by atoms with E-state index < -0.39 is 0 Å². The highest BCUT2D eigenvalue weighted by atomic mass is 35.5. The van der Waals surface area contributed by atoms with Gasteiger partial charge in [-0.2, -0.15) is 0 Å². The summed E-state index contributed by atoms with van der Waals surface area (Å²) in [7, 11) is 3.19. The SMILES string of the molecule is COCc1cc(COC)c(Cl)c(C(=O)/C=C/c2ccc(C)o2)c1. The van der Waals surface area contributed by atoms with E-state index in [1.807, 2.05) is 19.1 Å². The van der Waals surface area contributed by atoms with Crippen LogP contribution in [0.1, 0.15) is 33.0 Å². The van der Waals surface area contributed by atoms with Gasteiger partial charge >= 0.3 is 0 Å². The number of benzene rings is 1. The number of ether oxygens (including phenoxy) is 2. The maximum atomic E-state index is 12.5. The molecule has 0 bridgehead atoms. The van der Waals surface area contributed by atoms with Gasteiger partial charge in [0.2, 0.25) is 0 Å². The minimum atomic E-state index is -0.195. The average Bonchev–Trinajstić information content (AvgIpc) is 2.94. The second kappa shape index (κ2) is 8.11. The van der Waals surface area contributed by atoms with E-state index in [0.29, 0.717) is 29.6 Å². The minimum Gasteiger partial charge on any atom is -0.462 e. The Morgan fingerprint density at radius 2 is 1.96 bits per heavy atom. The van der Waals surface area contributed by atoms with Gasteiger partial charge in [-0.3, -0.25) is 4.79 Å². The van der Waals surface area contributed by atoms with Gasteiger partial charge in [-0.1, -0.05) is 11.6 Å². The molecule has 1 aromatic carbocycles. The Hall–Kier alpha value is -1.88. The standard InChI is InChI=1S/C18H19ClO4/c1-12-4-5-15(23-12)6-7-17(20)16-9-13(10-21-2)8-14(11-22-3)18(16)19/h4-9H,10-11H2,1-3H3/b7-6+. The van der Waals surface area contributed by atoms with Crippen molar-refractivity contribution in [3.63, 3.8) is 0 Å². The molecular weight excluding hydrogens is 316 g/mol. The lowest BCUT2D eigenvalue weighted by molar-refractivity contribution is 0.104. The summed E-state index contributed by atoms with van der Waals surface area (Å²) in [5.74, 6) is 1.22. The maximum absolute atomic E-state index is 12.5. The molecule has 0 spiro atoms. The smallest absolute Gasteiger partial charge is 0.187 e. The number of carbonyl (C=O) groups excluding carboxylic acids is 1. The Bertz CT molecular complexity index is 716. The fourth-order valence-electron chi connectivity index (χ4n) is 2.23. The normalized spacial score (nSPS) is 11.3. The first-order valence-electron chi connectivity index (χ1n) is 7.13. The minimum absolute atomic E-state index is 0.195. The molecule has 0 atom stereocenters. The van der Waals surface area contributed by atoms with Gasteiger partial charge in [0, 0.05) is 19.8 Å². The molecule has 0 aliphatic carbocycles. The van der Waals surface area contributed by atoms with Crippen LogP contribution in [0.5, 0.6) is 0 Å². The molecule has 4 nitrogen and oxygen atoms in total. The molecule has 122 valence electrons. The summed E-state index contributed by atoms with van der Waals surface area (Å²) in [6.45, 7) is 2.58. The van der Waals surface area contributed by atoms with E-state index in [1.165, 1.54) is 6.08 Å². The average molecular weight is 335 g/mol. The molecule has 1 heterocycles. The molecule has 23 heavy (non-hydrogen) atoms. The summed E-state index contributed by atoms with van der Waals surface area (Å²) < 4.78 is 15.7. The summed E-state index contributed by atoms with van der Waals surface area (Å²) >= 11 is 6.34. The number of allylic oxidation sites excluding steroid dienone is 1. The Balaban J connectivity index is 2.32. The first-order valence-corrected chi connectivity index (χ1v) is 7.51. The molecule has 2 aromatic rings. The summed E-state index contributed by atoms with van der Waals surface area (Å²) in [5, 5.41) is 0.400. The van der Waals surface area contributed by atoms with E-state index in [-0.39, 0.29) is 5.78 Å². The molecule has 5 heteroatoms. The molecule has 0 unspecified atom stereocenters. The third-order valence-corrected chi connectivity index (χ3v) is 3.69. The fourth-order valence-corrected chi connectivity index (χ4v) is 2.49. The highest BCUT2D eigenvalue weighted by Gasteiger charge is 2.14. The number of hydrogen-bond acceptors (Lipinski definition) is 4. The summed E-state index contributed by atoms with van der Waals surface area (Å²) in [4.78, 5) is 12.5. The molecule has 2 rings (SSSR count). The second-order valence-electron chi connectivity index (χ2n) is 5.13. The number of aryl methyl sites for hydroxylation is 1. The van der Waals surface area contributed by atoms with E-state index >= 15 is 0 Å². The zero-order chi connectivity index (χ0) is 16.8. The molecule has 0 fully saturated rings. The van der Waals surface area contributed by atoms with Crippen molar-refractivity contribution in [2.75, 3.05) is 14.2 Å². The van der Waals surface area contributed by atoms with Crippen LogP contribution in [0.4, 0.5) is 0 Å². The number of rotatable bonds is 7. The van der Waals surface area contributed by atoms with E-state index in [9.17, 15) is 4.79 Å². The van der Waals surface area contributed by atoms with Gasteiger partial charge in [0.15, 0.2) is 5.78 Å². The lowest BCUT2D eigenvalue weighted by atomic mass is 10.0. The predicted octanol–water partition coefficient (Wildman–Crippen LogP) is 4.43. The van der Waals surface area contributed by atoms with Crippen LogP contribution in [0.3, 0.4) is 0 Å². The first kappa shape index (κ1) is 17.5. The van der Waals surface area contributed by atoms with Crippen LogP contribution in [-0.4, -0.2) is 20.0 Å². The quantitative estimate of drug-likeness (QED) is 0.555. The van der Waals surface area contributed by atoms with Crippen LogP contribution in [0.25, 0.3) is 6.08 Å². The van der Waals surface area contributed by atoms with E-state index in [2.05, 4.69) is 0 Å². The number of methoxy groups -OCH3 is 2. The molecular formula is C18H19ClO4. The van der Waals surface area contributed by atoms with Crippen molar-refractivity contribution in [2.45, 2.75) is 20.1 Å². The lowest BCUT2D eigenvalue weighted by Crippen LogP contribution is -2.03. The van der Waals surface area contributed by atoms with Crippen LogP contribution in [0.15, 0.2) is 34.8 Å². The summed E-state index contributed by atoms with van der Waals surface area (Å²) in [6, 6.07) is 7.27. The van der Waals surface area contributed by atoms with Gasteiger partial charge in [-0.25, -0.2) is 0 Å². The number of halogens is 1. The molecule has 0 aliphatic rings. The fraction of sp³-hybridized carbons (Fsp3) is 0.278. The van der Waals surface area contributed by atoms with Crippen molar-refractivity contribution in [1.82, 2.24) is 0 Å². The first-order chi connectivity index (χ1) is 11.0. The largest absolute Gasteiger partial charge is 0.462 e. The molecule has 0 N–H and O–H groups in total. The van der Waals surface area contributed by atoms with E-state index in [4.69, 9.17) is 25.5 Å². The zero-order valence-electron chi connectivity index (χ0n) is 13.4. The van der Waals surface area contributed by atoms with Gasteiger partial charge in [0.1, 0.15) is 11.5 Å². The van der Waals surface area contributed by atoms with Crippen molar-refractivity contribution >= 4 is 23.5 Å². The molecule has 0 saturated heterocycles. The topological polar surface area (TPSA) is 48.7 Å². The van der Waals surface area contributed by atoms with Crippen LogP contribution in [0.2, 0.25) is 5.02 Å². The Kier molecular flexibility index (Phi) is 6.16. The zero-order valence-corrected chi connectivity index (χ0v) is 14.1. The molecule has 0 saturated carbocycles. The monoisotopic (exact) mass is 334 g/mol. The maximum Gasteiger partial charge on any atom is 0.187 e. The van der Waals surface area contributed by atoms with Gasteiger partial charge < -0.3 is 13.9 Å². The van der Waals surface area contributed by atoms with Gasteiger partial charge in [-0.15, -0.1) is 0 Å². The van der Waals surface area contributed by atoms with E-state index in [0.717, 1.165) is 16.9 Å². The van der Waals surface area contributed by atoms with Crippen LogP contribution in [0, 0.1) is 6.92 Å².